The predicted molar refractivity (Wildman–Crippen MR) is 37.0 cm³/mol. The molecule has 0 aliphatic carbocycles. The van der Waals surface area contributed by atoms with E-state index in [4.69, 9.17) is 5.73 Å². The minimum absolute atomic E-state index is 0.618. The van der Waals surface area contributed by atoms with Crippen molar-refractivity contribution in [1.29, 1.82) is 0 Å². The van der Waals surface area contributed by atoms with Crippen LogP contribution in [0.1, 0.15) is 13.8 Å². The zero-order valence-corrected chi connectivity index (χ0v) is 5.60. The molecule has 2 heteroatoms. The molecule has 0 saturated heterocycles. The molecule has 2 nitrogen and oxygen atoms in total. The predicted octanol–water partition coefficient (Wildman–Crippen LogP) is 0.940. The van der Waals surface area contributed by atoms with Gasteiger partial charge in [-0.05, 0) is 19.4 Å². The number of aliphatic imine (C=N–C) groups is 1. The smallest absolute Gasteiger partial charge is 0.120 e. The van der Waals surface area contributed by atoms with E-state index in [0.717, 1.165) is 5.57 Å². The van der Waals surface area contributed by atoms with E-state index in [9.17, 15) is 0 Å². The Bertz CT molecular complexity index is 106. The van der Waals surface area contributed by atoms with Crippen molar-refractivity contribution in [2.24, 2.45) is 10.7 Å². The van der Waals surface area contributed by atoms with Gasteiger partial charge in [-0.1, -0.05) is 6.08 Å². The van der Waals surface area contributed by atoms with Crippen LogP contribution < -0.4 is 5.73 Å². The van der Waals surface area contributed by atoms with Gasteiger partial charge in [-0.2, -0.15) is 0 Å². The fourth-order valence-electron chi connectivity index (χ4n) is 0.324. The Labute approximate surface area is 50.1 Å². The summed E-state index contributed by atoms with van der Waals surface area (Å²) in [4.78, 5) is 3.79. The Balaban J connectivity index is 4.04. The molecule has 0 bridgehead atoms. The molecule has 0 rings (SSSR count). The van der Waals surface area contributed by atoms with Crippen LogP contribution in [0, 0.1) is 0 Å². The van der Waals surface area contributed by atoms with E-state index in [1.807, 2.05) is 19.9 Å². The van der Waals surface area contributed by atoms with Crippen molar-refractivity contribution < 1.29 is 0 Å². The topological polar surface area (TPSA) is 38.4 Å². The van der Waals surface area contributed by atoms with Gasteiger partial charge in [0.25, 0.3) is 0 Å². The molecule has 0 aromatic rings. The van der Waals surface area contributed by atoms with Crippen molar-refractivity contribution >= 4 is 5.84 Å². The second-order valence-corrected chi connectivity index (χ2v) is 1.58. The molecule has 0 aromatic heterocycles. The third kappa shape index (κ3) is 1.78. The monoisotopic (exact) mass is 112 g/mol. The Kier molecular flexibility index (Phi) is 2.92. The maximum atomic E-state index is 5.41. The molecule has 0 fully saturated rings. The summed E-state index contributed by atoms with van der Waals surface area (Å²) in [5.41, 5.74) is 6.44. The summed E-state index contributed by atoms with van der Waals surface area (Å²) in [5.74, 6) is 0.618. The van der Waals surface area contributed by atoms with Gasteiger partial charge in [-0.3, -0.25) is 4.99 Å². The first-order chi connectivity index (χ1) is 3.72. The number of nitrogens with zero attached hydrogens (tertiary/aromatic N) is 1. The van der Waals surface area contributed by atoms with Crippen LogP contribution in [0.5, 0.6) is 0 Å². The summed E-state index contributed by atoms with van der Waals surface area (Å²) in [5, 5.41) is 0. The van der Waals surface area contributed by atoms with E-state index >= 15 is 0 Å². The van der Waals surface area contributed by atoms with Gasteiger partial charge in [0.2, 0.25) is 0 Å². The first-order valence-corrected chi connectivity index (χ1v) is 2.58. The molecule has 0 heterocycles. The van der Waals surface area contributed by atoms with Crippen molar-refractivity contribution in [3.63, 3.8) is 0 Å². The van der Waals surface area contributed by atoms with Gasteiger partial charge in [0.15, 0.2) is 0 Å². The number of nitrogens with two attached hydrogens (primary N) is 1. The van der Waals surface area contributed by atoms with Crippen LogP contribution in [-0.4, -0.2) is 12.9 Å². The van der Waals surface area contributed by atoms with E-state index in [2.05, 4.69) is 4.99 Å². The molecule has 0 aromatic carbocycles. The molecule has 0 unspecified atom stereocenters. The lowest BCUT2D eigenvalue weighted by molar-refractivity contribution is 1.36. The van der Waals surface area contributed by atoms with E-state index < -0.39 is 0 Å². The summed E-state index contributed by atoms with van der Waals surface area (Å²) in [6, 6.07) is 0. The highest BCUT2D eigenvalue weighted by molar-refractivity contribution is 5.96. The molecule has 46 valence electrons. The second-order valence-electron chi connectivity index (χ2n) is 1.58. The minimum atomic E-state index is 0.618. The van der Waals surface area contributed by atoms with Gasteiger partial charge in [-0.15, -0.1) is 0 Å². The van der Waals surface area contributed by atoms with Crippen molar-refractivity contribution in [3.8, 4) is 0 Å². The van der Waals surface area contributed by atoms with Crippen LogP contribution in [0.2, 0.25) is 0 Å². The van der Waals surface area contributed by atoms with Crippen molar-refractivity contribution in [3.05, 3.63) is 11.6 Å². The summed E-state index contributed by atoms with van der Waals surface area (Å²) in [6.07, 6.45) is 1.93. The van der Waals surface area contributed by atoms with Crippen LogP contribution in [-0.2, 0) is 0 Å². The van der Waals surface area contributed by atoms with Crippen molar-refractivity contribution in [2.75, 3.05) is 7.05 Å². The van der Waals surface area contributed by atoms with Crippen LogP contribution in [0.25, 0.3) is 0 Å². The van der Waals surface area contributed by atoms with Crippen molar-refractivity contribution in [2.45, 2.75) is 13.8 Å². The van der Waals surface area contributed by atoms with Crippen molar-refractivity contribution in [1.82, 2.24) is 0 Å². The summed E-state index contributed by atoms with van der Waals surface area (Å²) in [6.45, 7) is 3.87. The average molecular weight is 112 g/mol. The van der Waals surface area contributed by atoms with E-state index in [-0.39, 0.29) is 0 Å². The number of rotatable bonds is 1. The lowest BCUT2D eigenvalue weighted by Gasteiger charge is -1.94. The minimum Gasteiger partial charge on any atom is -0.384 e. The maximum Gasteiger partial charge on any atom is 0.120 e. The van der Waals surface area contributed by atoms with Crippen LogP contribution in [0.15, 0.2) is 16.6 Å². The Hall–Kier alpha value is -0.790. The molecule has 0 saturated carbocycles. The zero-order chi connectivity index (χ0) is 6.57. The fraction of sp³-hybridized carbons (Fsp3) is 0.500. The second kappa shape index (κ2) is 3.24. The number of amidine groups is 1. The number of allylic oxidation sites excluding steroid dienone is 1. The van der Waals surface area contributed by atoms with Gasteiger partial charge in [-0.25, -0.2) is 0 Å². The molecule has 0 amide bonds. The summed E-state index contributed by atoms with van der Waals surface area (Å²) >= 11 is 0. The third-order valence-electron chi connectivity index (χ3n) is 1.08. The standard InChI is InChI=1S/C6H12N2/c1-4-5(2)6(7)8-3/h4H,1-3H3,(H2,7,8)/b5-4+. The van der Waals surface area contributed by atoms with Crippen LogP contribution in [0.3, 0.4) is 0 Å². The molecule has 0 aliphatic rings. The molecule has 0 spiro atoms. The third-order valence-corrected chi connectivity index (χ3v) is 1.08. The highest BCUT2D eigenvalue weighted by Crippen LogP contribution is 1.88. The summed E-state index contributed by atoms with van der Waals surface area (Å²) in [7, 11) is 1.68. The largest absolute Gasteiger partial charge is 0.384 e. The fourth-order valence-corrected chi connectivity index (χ4v) is 0.324. The van der Waals surface area contributed by atoms with Gasteiger partial charge >= 0.3 is 0 Å². The molecular formula is C6H12N2. The van der Waals surface area contributed by atoms with Crippen LogP contribution >= 0.6 is 0 Å². The Morgan fingerprint density at radius 1 is 1.62 bits per heavy atom. The Morgan fingerprint density at radius 3 is 2.25 bits per heavy atom. The highest BCUT2D eigenvalue weighted by Gasteiger charge is 1.87. The van der Waals surface area contributed by atoms with Crippen LogP contribution in [0.4, 0.5) is 0 Å². The normalized spacial score (nSPS) is 14.4. The molecule has 2 N–H and O–H groups in total. The molecule has 0 aliphatic heterocycles. The molecule has 8 heavy (non-hydrogen) atoms. The van der Waals surface area contributed by atoms with E-state index in [0.29, 0.717) is 5.84 Å². The molecule has 0 atom stereocenters. The highest BCUT2D eigenvalue weighted by atomic mass is 14.8. The average Bonchev–Trinajstić information content (AvgIpc) is 1.84. The summed E-state index contributed by atoms with van der Waals surface area (Å²) < 4.78 is 0. The Morgan fingerprint density at radius 2 is 2.12 bits per heavy atom. The first-order valence-electron chi connectivity index (χ1n) is 2.58. The quantitative estimate of drug-likeness (QED) is 0.398. The number of hydrogen-bond donors (Lipinski definition) is 1. The zero-order valence-electron chi connectivity index (χ0n) is 5.60. The van der Waals surface area contributed by atoms with Gasteiger partial charge in [0.1, 0.15) is 5.84 Å². The van der Waals surface area contributed by atoms with E-state index in [1.54, 1.807) is 7.05 Å². The first kappa shape index (κ1) is 7.21. The maximum absolute atomic E-state index is 5.41. The lowest BCUT2D eigenvalue weighted by atomic mass is 10.3. The SMILES string of the molecule is C/C=C(\C)C(N)=NC. The van der Waals surface area contributed by atoms with Gasteiger partial charge in [0.05, 0.1) is 0 Å². The van der Waals surface area contributed by atoms with E-state index in [1.165, 1.54) is 0 Å². The van der Waals surface area contributed by atoms with Gasteiger partial charge < -0.3 is 5.73 Å². The molecular weight excluding hydrogens is 100 g/mol. The number of hydrogen-bond acceptors (Lipinski definition) is 1. The van der Waals surface area contributed by atoms with Gasteiger partial charge in [0, 0.05) is 7.05 Å². The molecule has 0 radical (unpaired) electrons. The lowest BCUT2D eigenvalue weighted by Crippen LogP contribution is -2.11.